The first-order valence-electron chi connectivity index (χ1n) is 9.64. The molecule has 6 heteroatoms. The van der Waals surface area contributed by atoms with Crippen LogP contribution in [-0.4, -0.2) is 30.9 Å². The summed E-state index contributed by atoms with van der Waals surface area (Å²) < 4.78 is 1.10. The number of fused-ring (bicyclic) bond motifs is 1. The number of halogens is 1. The van der Waals surface area contributed by atoms with Crippen molar-refractivity contribution in [3.05, 3.63) is 31.8 Å². The van der Waals surface area contributed by atoms with Crippen LogP contribution in [0, 0.1) is 5.92 Å². The van der Waals surface area contributed by atoms with Gasteiger partial charge in [-0.3, -0.25) is 0 Å². The van der Waals surface area contributed by atoms with E-state index in [0.29, 0.717) is 17.7 Å². The fourth-order valence-electron chi connectivity index (χ4n) is 4.24. The highest BCUT2D eigenvalue weighted by molar-refractivity contribution is 9.11. The molecule has 26 heavy (non-hydrogen) atoms. The lowest BCUT2D eigenvalue weighted by Crippen LogP contribution is -2.36. The summed E-state index contributed by atoms with van der Waals surface area (Å²) in [6.45, 7) is 8.89. The molecule has 3 rings (SSSR count). The Bertz CT molecular complexity index is 664. The van der Waals surface area contributed by atoms with E-state index in [1.54, 1.807) is 0 Å². The number of nitrogens with one attached hydrogen (secondary N) is 3. The van der Waals surface area contributed by atoms with E-state index in [0.717, 1.165) is 29.0 Å². The molecular formula is C20H30BrN3OS. The standard InChI is InChI=1S/C20H30BrN3OS/c1-12-10-22-9-8-15(12)17(14(3)21)11-23-20(25)24-19-13(2)16-6-4-5-7-18(16)26-19/h16,18,22H,4-11H2,1-3H3,(H2,23,24,25)/b17-14+. The van der Waals surface area contributed by atoms with E-state index in [-0.39, 0.29) is 6.03 Å². The van der Waals surface area contributed by atoms with E-state index in [1.165, 1.54) is 48.0 Å². The van der Waals surface area contributed by atoms with Gasteiger partial charge in [0.05, 0.1) is 5.03 Å². The fraction of sp³-hybridized carbons (Fsp3) is 0.650. The summed E-state index contributed by atoms with van der Waals surface area (Å²) in [5.41, 5.74) is 5.31. The van der Waals surface area contributed by atoms with Gasteiger partial charge < -0.3 is 16.0 Å². The second-order valence-corrected chi connectivity index (χ2v) is 10.0. The largest absolute Gasteiger partial charge is 0.334 e. The van der Waals surface area contributed by atoms with Crippen molar-refractivity contribution in [3.8, 4) is 0 Å². The minimum atomic E-state index is -0.0936. The molecule has 4 nitrogen and oxygen atoms in total. The normalized spacial score (nSPS) is 27.2. The Kier molecular flexibility index (Phi) is 6.92. The predicted octanol–water partition coefficient (Wildman–Crippen LogP) is 4.80. The lowest BCUT2D eigenvalue weighted by molar-refractivity contribution is 0.244. The maximum Gasteiger partial charge on any atom is 0.319 e. The molecule has 144 valence electrons. The summed E-state index contributed by atoms with van der Waals surface area (Å²) in [6, 6.07) is -0.0936. The minimum Gasteiger partial charge on any atom is -0.334 e. The molecule has 2 heterocycles. The zero-order valence-electron chi connectivity index (χ0n) is 16.0. The first kappa shape index (κ1) is 20.0. The zero-order valence-corrected chi connectivity index (χ0v) is 18.4. The number of rotatable bonds is 4. The minimum absolute atomic E-state index is 0.0936. The summed E-state index contributed by atoms with van der Waals surface area (Å²) in [6.07, 6.45) is 6.20. The monoisotopic (exact) mass is 439 g/mol. The third kappa shape index (κ3) is 4.57. The summed E-state index contributed by atoms with van der Waals surface area (Å²) >= 11 is 5.50. The van der Waals surface area contributed by atoms with E-state index in [2.05, 4.69) is 52.7 Å². The van der Waals surface area contributed by atoms with Crippen molar-refractivity contribution in [2.75, 3.05) is 19.6 Å². The van der Waals surface area contributed by atoms with Crippen molar-refractivity contribution >= 4 is 33.7 Å². The van der Waals surface area contributed by atoms with E-state index in [1.807, 2.05) is 11.8 Å². The molecular weight excluding hydrogens is 410 g/mol. The topological polar surface area (TPSA) is 53.2 Å². The molecule has 1 aliphatic carbocycles. The molecule has 1 saturated carbocycles. The number of carbonyl (C=O) groups excluding carboxylic acids is 1. The van der Waals surface area contributed by atoms with Crippen LogP contribution in [0.4, 0.5) is 4.79 Å². The van der Waals surface area contributed by atoms with Crippen molar-refractivity contribution < 1.29 is 4.79 Å². The fourth-order valence-corrected chi connectivity index (χ4v) is 6.20. The lowest BCUT2D eigenvalue weighted by Gasteiger charge is -2.25. The molecule has 0 bridgehead atoms. The van der Waals surface area contributed by atoms with Crippen LogP contribution in [0.25, 0.3) is 0 Å². The first-order valence-corrected chi connectivity index (χ1v) is 11.3. The number of urea groups is 1. The van der Waals surface area contributed by atoms with Gasteiger partial charge >= 0.3 is 6.03 Å². The number of hydrogen-bond acceptors (Lipinski definition) is 3. The zero-order chi connectivity index (χ0) is 18.7. The molecule has 0 aromatic carbocycles. The van der Waals surface area contributed by atoms with E-state index in [4.69, 9.17) is 0 Å². The molecule has 2 atom stereocenters. The summed E-state index contributed by atoms with van der Waals surface area (Å²) in [5.74, 6) is 0.659. The Morgan fingerprint density at radius 3 is 2.77 bits per heavy atom. The van der Waals surface area contributed by atoms with Gasteiger partial charge in [0.15, 0.2) is 0 Å². The van der Waals surface area contributed by atoms with Gasteiger partial charge in [-0.25, -0.2) is 4.79 Å². The molecule has 0 saturated heterocycles. The number of hydrogen-bond donors (Lipinski definition) is 3. The van der Waals surface area contributed by atoms with Gasteiger partial charge in [0.1, 0.15) is 0 Å². The maximum atomic E-state index is 12.5. The second kappa shape index (κ2) is 8.98. The molecule has 3 aliphatic rings. The average Bonchev–Trinajstić information content (AvgIpc) is 2.92. The van der Waals surface area contributed by atoms with Crippen molar-refractivity contribution in [1.29, 1.82) is 0 Å². The van der Waals surface area contributed by atoms with E-state index < -0.39 is 0 Å². The number of amides is 2. The highest BCUT2D eigenvalue weighted by Gasteiger charge is 2.35. The van der Waals surface area contributed by atoms with Crippen molar-refractivity contribution in [2.45, 2.75) is 58.1 Å². The van der Waals surface area contributed by atoms with Gasteiger partial charge in [-0.05, 0) is 73.7 Å². The Morgan fingerprint density at radius 2 is 2.08 bits per heavy atom. The highest BCUT2D eigenvalue weighted by Crippen LogP contribution is 2.47. The molecule has 0 radical (unpaired) electrons. The van der Waals surface area contributed by atoms with Gasteiger partial charge in [0, 0.05) is 18.3 Å². The van der Waals surface area contributed by atoms with Gasteiger partial charge in [0.2, 0.25) is 0 Å². The molecule has 0 aromatic rings. The molecule has 1 fully saturated rings. The SMILES string of the molecule is CC1=C(/C(CNC(=O)NC2=C(C)C3CCCCC3S2)=C(\C)Br)CCNC1. The third-order valence-electron chi connectivity index (χ3n) is 5.78. The van der Waals surface area contributed by atoms with Gasteiger partial charge in [-0.2, -0.15) is 0 Å². The van der Waals surface area contributed by atoms with Crippen LogP contribution in [0.15, 0.2) is 31.8 Å². The predicted molar refractivity (Wildman–Crippen MR) is 114 cm³/mol. The quantitative estimate of drug-likeness (QED) is 0.589. The molecule has 2 unspecified atom stereocenters. The van der Waals surface area contributed by atoms with Crippen LogP contribution in [0.3, 0.4) is 0 Å². The first-order chi connectivity index (χ1) is 12.5. The summed E-state index contributed by atoms with van der Waals surface area (Å²) in [5, 5.41) is 11.3. The molecule has 0 aromatic heterocycles. The van der Waals surface area contributed by atoms with Crippen molar-refractivity contribution in [3.63, 3.8) is 0 Å². The van der Waals surface area contributed by atoms with Crippen LogP contribution in [0.1, 0.15) is 52.9 Å². The molecule has 3 N–H and O–H groups in total. The van der Waals surface area contributed by atoms with Crippen LogP contribution in [-0.2, 0) is 0 Å². The van der Waals surface area contributed by atoms with Crippen LogP contribution in [0.5, 0.6) is 0 Å². The van der Waals surface area contributed by atoms with Crippen molar-refractivity contribution in [2.24, 2.45) is 5.92 Å². The number of thioether (sulfide) groups is 1. The third-order valence-corrected chi connectivity index (χ3v) is 7.78. The smallest absolute Gasteiger partial charge is 0.319 e. The summed E-state index contributed by atoms with van der Waals surface area (Å²) in [4.78, 5) is 12.5. The van der Waals surface area contributed by atoms with Gasteiger partial charge in [0.25, 0.3) is 0 Å². The van der Waals surface area contributed by atoms with E-state index in [9.17, 15) is 4.79 Å². The van der Waals surface area contributed by atoms with E-state index >= 15 is 0 Å². The van der Waals surface area contributed by atoms with Crippen LogP contribution in [0.2, 0.25) is 0 Å². The highest BCUT2D eigenvalue weighted by atomic mass is 79.9. The van der Waals surface area contributed by atoms with Crippen LogP contribution < -0.4 is 16.0 Å². The Balaban J connectivity index is 1.60. The Hall–Kier alpha value is -0.720. The van der Waals surface area contributed by atoms with Gasteiger partial charge in [-0.15, -0.1) is 11.8 Å². The number of allylic oxidation sites excluding steroid dienone is 2. The second-order valence-electron chi connectivity index (χ2n) is 7.56. The molecule has 2 amide bonds. The Labute approximate surface area is 169 Å². The maximum absolute atomic E-state index is 12.5. The summed E-state index contributed by atoms with van der Waals surface area (Å²) in [7, 11) is 0. The average molecular weight is 440 g/mol. The van der Waals surface area contributed by atoms with Gasteiger partial charge in [-0.1, -0.05) is 34.3 Å². The lowest BCUT2D eigenvalue weighted by atomic mass is 9.84. The molecule has 2 aliphatic heterocycles. The van der Waals surface area contributed by atoms with Crippen LogP contribution >= 0.6 is 27.7 Å². The van der Waals surface area contributed by atoms with Crippen molar-refractivity contribution in [1.82, 2.24) is 16.0 Å². The number of carbonyl (C=O) groups is 1. The Morgan fingerprint density at radius 1 is 1.31 bits per heavy atom. The molecule has 0 spiro atoms.